The van der Waals surface area contributed by atoms with E-state index in [1.165, 1.54) is 6.42 Å². The predicted molar refractivity (Wildman–Crippen MR) is 73.0 cm³/mol. The van der Waals surface area contributed by atoms with Crippen LogP contribution in [-0.4, -0.2) is 18.5 Å². The van der Waals surface area contributed by atoms with Gasteiger partial charge in [-0.25, -0.2) is 4.39 Å². The molecule has 0 radical (unpaired) electrons. The van der Waals surface area contributed by atoms with Crippen molar-refractivity contribution in [1.82, 2.24) is 0 Å². The summed E-state index contributed by atoms with van der Waals surface area (Å²) in [6, 6.07) is 3.29. The van der Waals surface area contributed by atoms with Crippen LogP contribution in [0.25, 0.3) is 0 Å². The lowest BCUT2D eigenvalue weighted by Gasteiger charge is -2.22. The van der Waals surface area contributed by atoms with Crippen molar-refractivity contribution in [3.8, 4) is 0 Å². The van der Waals surface area contributed by atoms with Crippen LogP contribution in [0, 0.1) is 19.7 Å². The Morgan fingerprint density at radius 3 is 2.58 bits per heavy atom. The zero-order valence-electron chi connectivity index (χ0n) is 11.7. The molecule has 1 saturated heterocycles. The van der Waals surface area contributed by atoms with Gasteiger partial charge in [0, 0.05) is 18.6 Å². The second-order valence-electron chi connectivity index (χ2n) is 5.37. The van der Waals surface area contributed by atoms with Crippen LogP contribution in [0.15, 0.2) is 12.1 Å². The van der Waals surface area contributed by atoms with Crippen LogP contribution in [0.2, 0.25) is 0 Å². The van der Waals surface area contributed by atoms with Crippen LogP contribution < -0.4 is 0 Å². The summed E-state index contributed by atoms with van der Waals surface area (Å²) in [5.74, 6) is -0.132. The first-order valence-electron chi connectivity index (χ1n) is 6.99. The van der Waals surface area contributed by atoms with Gasteiger partial charge in [-0.05, 0) is 62.8 Å². The molecule has 1 heterocycles. The summed E-state index contributed by atoms with van der Waals surface area (Å²) < 4.78 is 19.1. The maximum atomic E-state index is 13.5. The van der Waals surface area contributed by atoms with Gasteiger partial charge in [-0.3, -0.25) is 4.79 Å². The Bertz CT molecular complexity index is 439. The van der Waals surface area contributed by atoms with Crippen molar-refractivity contribution in [3.63, 3.8) is 0 Å². The standard InChI is InChI=1S/C16H21FO2/c1-11-9-13(10-12(2)16(11)17)15(18)7-6-14-5-3-4-8-19-14/h9-10,14H,3-8H2,1-2H3. The summed E-state index contributed by atoms with van der Waals surface area (Å²) in [5, 5.41) is 0. The minimum Gasteiger partial charge on any atom is -0.378 e. The Balaban J connectivity index is 1.96. The van der Waals surface area contributed by atoms with Gasteiger partial charge in [-0.15, -0.1) is 0 Å². The number of benzene rings is 1. The molecular formula is C16H21FO2. The lowest BCUT2D eigenvalue weighted by Crippen LogP contribution is -2.20. The number of Topliss-reactive ketones (excluding diaryl/α,β-unsaturated/α-hetero) is 1. The molecule has 0 aromatic heterocycles. The van der Waals surface area contributed by atoms with Gasteiger partial charge in [-0.2, -0.15) is 0 Å². The third-order valence-corrected chi connectivity index (χ3v) is 3.73. The molecule has 19 heavy (non-hydrogen) atoms. The summed E-state index contributed by atoms with van der Waals surface area (Å²) in [7, 11) is 0. The number of hydrogen-bond donors (Lipinski definition) is 0. The molecule has 1 aliphatic rings. The first kappa shape index (κ1) is 14.2. The third kappa shape index (κ3) is 3.63. The molecule has 104 valence electrons. The Labute approximate surface area is 114 Å². The van der Waals surface area contributed by atoms with Crippen LogP contribution in [0.5, 0.6) is 0 Å². The van der Waals surface area contributed by atoms with Crippen molar-refractivity contribution in [2.24, 2.45) is 0 Å². The number of ketones is 1. The lowest BCUT2D eigenvalue weighted by atomic mass is 9.98. The van der Waals surface area contributed by atoms with Crippen LogP contribution in [-0.2, 0) is 4.74 Å². The van der Waals surface area contributed by atoms with E-state index in [9.17, 15) is 9.18 Å². The Morgan fingerprint density at radius 2 is 2.00 bits per heavy atom. The fourth-order valence-electron chi connectivity index (χ4n) is 2.58. The highest BCUT2D eigenvalue weighted by Gasteiger charge is 2.17. The number of hydrogen-bond acceptors (Lipinski definition) is 2. The smallest absolute Gasteiger partial charge is 0.162 e. The number of carbonyl (C=O) groups is 1. The Kier molecular flexibility index (Phi) is 4.70. The average molecular weight is 264 g/mol. The maximum Gasteiger partial charge on any atom is 0.162 e. The van der Waals surface area contributed by atoms with Crippen LogP contribution >= 0.6 is 0 Å². The molecule has 1 atom stereocenters. The molecule has 1 unspecified atom stereocenters. The maximum absolute atomic E-state index is 13.5. The van der Waals surface area contributed by atoms with E-state index >= 15 is 0 Å². The molecule has 0 aliphatic carbocycles. The Morgan fingerprint density at radius 1 is 1.32 bits per heavy atom. The van der Waals surface area contributed by atoms with Gasteiger partial charge in [0.2, 0.25) is 0 Å². The number of carbonyl (C=O) groups excluding carboxylic acids is 1. The highest BCUT2D eigenvalue weighted by Crippen LogP contribution is 2.20. The van der Waals surface area contributed by atoms with E-state index in [4.69, 9.17) is 4.74 Å². The zero-order chi connectivity index (χ0) is 13.8. The van der Waals surface area contributed by atoms with Gasteiger partial charge < -0.3 is 4.74 Å². The summed E-state index contributed by atoms with van der Waals surface area (Å²) in [5.41, 5.74) is 1.70. The molecule has 0 amide bonds. The molecule has 0 spiro atoms. The van der Waals surface area contributed by atoms with Crippen molar-refractivity contribution >= 4 is 5.78 Å². The first-order valence-corrected chi connectivity index (χ1v) is 6.99. The summed E-state index contributed by atoms with van der Waals surface area (Å²) in [4.78, 5) is 12.1. The molecule has 0 saturated carbocycles. The quantitative estimate of drug-likeness (QED) is 0.769. The van der Waals surface area contributed by atoms with Crippen molar-refractivity contribution in [3.05, 3.63) is 34.6 Å². The van der Waals surface area contributed by atoms with Gasteiger partial charge >= 0.3 is 0 Å². The highest BCUT2D eigenvalue weighted by molar-refractivity contribution is 5.96. The third-order valence-electron chi connectivity index (χ3n) is 3.73. The van der Waals surface area contributed by atoms with E-state index in [0.29, 0.717) is 23.1 Å². The fraction of sp³-hybridized carbons (Fsp3) is 0.562. The van der Waals surface area contributed by atoms with E-state index in [2.05, 4.69) is 0 Å². The van der Waals surface area contributed by atoms with E-state index in [1.54, 1.807) is 26.0 Å². The molecule has 0 N–H and O–H groups in total. The number of rotatable bonds is 4. The zero-order valence-corrected chi connectivity index (χ0v) is 11.7. The molecule has 2 rings (SSSR count). The van der Waals surface area contributed by atoms with Gasteiger partial charge in [0.05, 0.1) is 6.10 Å². The van der Waals surface area contributed by atoms with E-state index in [-0.39, 0.29) is 17.7 Å². The normalized spacial score (nSPS) is 19.4. The van der Waals surface area contributed by atoms with Gasteiger partial charge in [-0.1, -0.05) is 0 Å². The fourth-order valence-corrected chi connectivity index (χ4v) is 2.58. The van der Waals surface area contributed by atoms with E-state index in [1.807, 2.05) is 0 Å². The van der Waals surface area contributed by atoms with E-state index < -0.39 is 0 Å². The molecule has 2 nitrogen and oxygen atoms in total. The SMILES string of the molecule is Cc1cc(C(=O)CCC2CCCCO2)cc(C)c1F. The summed E-state index contributed by atoms with van der Waals surface area (Å²) in [6.45, 7) is 4.21. The number of aryl methyl sites for hydroxylation is 2. The second kappa shape index (κ2) is 6.29. The topological polar surface area (TPSA) is 26.3 Å². The molecule has 1 aromatic rings. The largest absolute Gasteiger partial charge is 0.378 e. The summed E-state index contributed by atoms with van der Waals surface area (Å²) in [6.07, 6.45) is 4.84. The monoisotopic (exact) mass is 264 g/mol. The van der Waals surface area contributed by atoms with Gasteiger partial charge in [0.15, 0.2) is 5.78 Å². The van der Waals surface area contributed by atoms with Crippen LogP contribution in [0.3, 0.4) is 0 Å². The first-order chi connectivity index (χ1) is 9.08. The molecule has 0 bridgehead atoms. The molecule has 1 aromatic carbocycles. The van der Waals surface area contributed by atoms with E-state index in [0.717, 1.165) is 25.9 Å². The Hall–Kier alpha value is -1.22. The van der Waals surface area contributed by atoms with Crippen LogP contribution in [0.4, 0.5) is 4.39 Å². The lowest BCUT2D eigenvalue weighted by molar-refractivity contribution is 0.0104. The van der Waals surface area contributed by atoms with Crippen molar-refractivity contribution in [1.29, 1.82) is 0 Å². The molecular weight excluding hydrogens is 243 g/mol. The molecule has 1 aliphatic heterocycles. The second-order valence-corrected chi connectivity index (χ2v) is 5.37. The van der Waals surface area contributed by atoms with Crippen molar-refractivity contribution in [2.45, 2.75) is 52.1 Å². The minimum absolute atomic E-state index is 0.0837. The van der Waals surface area contributed by atoms with Crippen molar-refractivity contribution < 1.29 is 13.9 Å². The highest BCUT2D eigenvalue weighted by atomic mass is 19.1. The minimum atomic E-state index is -0.216. The van der Waals surface area contributed by atoms with Crippen LogP contribution in [0.1, 0.15) is 53.6 Å². The summed E-state index contributed by atoms with van der Waals surface area (Å²) >= 11 is 0. The number of ether oxygens (including phenoxy) is 1. The van der Waals surface area contributed by atoms with Crippen molar-refractivity contribution in [2.75, 3.05) is 6.61 Å². The predicted octanol–water partition coefficient (Wildman–Crippen LogP) is 3.97. The van der Waals surface area contributed by atoms with Gasteiger partial charge in [0.25, 0.3) is 0 Å². The number of halogens is 1. The van der Waals surface area contributed by atoms with Gasteiger partial charge in [0.1, 0.15) is 5.82 Å². The molecule has 3 heteroatoms. The molecule has 1 fully saturated rings. The average Bonchev–Trinajstić information content (AvgIpc) is 2.42.